The van der Waals surface area contributed by atoms with E-state index in [2.05, 4.69) is 20.5 Å². The highest BCUT2D eigenvalue weighted by molar-refractivity contribution is 5.89. The highest BCUT2D eigenvalue weighted by Crippen LogP contribution is 2.07. The molecule has 0 aromatic carbocycles. The Morgan fingerprint density at radius 1 is 1.40 bits per heavy atom. The minimum Gasteiger partial charge on any atom is -0.308 e. The largest absolute Gasteiger partial charge is 0.308 e. The average molecular weight is 270 g/mol. The van der Waals surface area contributed by atoms with Gasteiger partial charge >= 0.3 is 0 Å². The lowest BCUT2D eigenvalue weighted by Crippen LogP contribution is -2.13. The predicted molar refractivity (Wildman–Crippen MR) is 73.1 cm³/mol. The Balaban J connectivity index is 1.59. The number of aromatic nitrogens is 5. The third kappa shape index (κ3) is 2.66. The standard InChI is InChI=1S/C13H14N6O/c1-18-14-8-11(17-18)16-13(20)6-5-10-9-19-7-3-2-4-12(19)15-10/h2-4,7-9H,5-6H2,1H3,(H,16,17,20). The number of nitrogens with zero attached hydrogens (tertiary/aromatic N) is 5. The number of anilines is 1. The Labute approximate surface area is 115 Å². The molecular weight excluding hydrogens is 256 g/mol. The van der Waals surface area contributed by atoms with E-state index in [1.807, 2.05) is 35.0 Å². The first-order valence-corrected chi connectivity index (χ1v) is 6.29. The Kier molecular flexibility index (Phi) is 3.16. The molecule has 7 nitrogen and oxygen atoms in total. The first-order chi connectivity index (χ1) is 9.70. The maximum Gasteiger partial charge on any atom is 0.226 e. The van der Waals surface area contributed by atoms with E-state index < -0.39 is 0 Å². The van der Waals surface area contributed by atoms with Crippen molar-refractivity contribution in [3.8, 4) is 0 Å². The Morgan fingerprint density at radius 2 is 2.30 bits per heavy atom. The molecule has 3 aromatic rings. The fourth-order valence-electron chi connectivity index (χ4n) is 1.96. The summed E-state index contributed by atoms with van der Waals surface area (Å²) in [7, 11) is 1.70. The Hall–Kier alpha value is -2.70. The summed E-state index contributed by atoms with van der Waals surface area (Å²) >= 11 is 0. The lowest BCUT2D eigenvalue weighted by molar-refractivity contribution is -0.116. The summed E-state index contributed by atoms with van der Waals surface area (Å²) in [5.41, 5.74) is 1.78. The van der Waals surface area contributed by atoms with Gasteiger partial charge in [0.1, 0.15) is 5.65 Å². The molecule has 3 rings (SSSR count). The second kappa shape index (κ2) is 5.12. The monoisotopic (exact) mass is 270 g/mol. The van der Waals surface area contributed by atoms with Crippen molar-refractivity contribution in [2.75, 3.05) is 5.32 Å². The molecule has 0 unspecified atom stereocenters. The summed E-state index contributed by atoms with van der Waals surface area (Å²) in [4.78, 5) is 17.6. The van der Waals surface area contributed by atoms with Gasteiger partial charge in [-0.15, -0.1) is 5.10 Å². The molecule has 0 atom stereocenters. The molecule has 0 spiro atoms. The van der Waals surface area contributed by atoms with E-state index in [9.17, 15) is 4.79 Å². The summed E-state index contributed by atoms with van der Waals surface area (Å²) in [6.07, 6.45) is 6.34. The van der Waals surface area contributed by atoms with Gasteiger partial charge < -0.3 is 9.72 Å². The van der Waals surface area contributed by atoms with Gasteiger partial charge in [0.2, 0.25) is 5.91 Å². The molecule has 7 heteroatoms. The third-order valence-corrected chi connectivity index (χ3v) is 2.89. The smallest absolute Gasteiger partial charge is 0.226 e. The maximum atomic E-state index is 11.8. The number of fused-ring (bicyclic) bond motifs is 1. The predicted octanol–water partition coefficient (Wildman–Crippen LogP) is 1.03. The number of hydrogen-bond donors (Lipinski definition) is 1. The SMILES string of the molecule is Cn1ncc(NC(=O)CCc2cn3ccccc3n2)n1. The quantitative estimate of drug-likeness (QED) is 0.768. The van der Waals surface area contributed by atoms with E-state index in [1.54, 1.807) is 7.05 Å². The molecule has 3 aromatic heterocycles. The lowest BCUT2D eigenvalue weighted by atomic mass is 10.2. The summed E-state index contributed by atoms with van der Waals surface area (Å²) in [6.45, 7) is 0. The number of imidazole rings is 1. The average Bonchev–Trinajstić information content (AvgIpc) is 3.02. The molecule has 1 N–H and O–H groups in total. The second-order valence-corrected chi connectivity index (χ2v) is 4.47. The topological polar surface area (TPSA) is 77.1 Å². The molecule has 102 valence electrons. The Morgan fingerprint density at radius 3 is 3.05 bits per heavy atom. The minimum atomic E-state index is -0.0949. The van der Waals surface area contributed by atoms with Crippen LogP contribution in [0.1, 0.15) is 12.1 Å². The molecule has 0 aliphatic rings. The van der Waals surface area contributed by atoms with E-state index in [0.717, 1.165) is 11.3 Å². The van der Waals surface area contributed by atoms with E-state index in [0.29, 0.717) is 18.7 Å². The van der Waals surface area contributed by atoms with Gasteiger partial charge in [-0.3, -0.25) is 4.79 Å². The first kappa shape index (κ1) is 12.3. The van der Waals surface area contributed by atoms with Crippen LogP contribution in [0.5, 0.6) is 0 Å². The van der Waals surface area contributed by atoms with E-state index in [1.165, 1.54) is 11.0 Å². The molecule has 0 fully saturated rings. The van der Waals surface area contributed by atoms with Gasteiger partial charge in [-0.1, -0.05) is 6.07 Å². The summed E-state index contributed by atoms with van der Waals surface area (Å²) in [6, 6.07) is 5.81. The number of rotatable bonds is 4. The van der Waals surface area contributed by atoms with Crippen LogP contribution in [0, 0.1) is 0 Å². The number of aryl methyl sites for hydroxylation is 2. The number of nitrogens with one attached hydrogen (secondary N) is 1. The normalized spacial score (nSPS) is 10.8. The number of carbonyl (C=O) groups excluding carboxylic acids is 1. The molecule has 20 heavy (non-hydrogen) atoms. The molecule has 0 saturated carbocycles. The van der Waals surface area contributed by atoms with Gasteiger partial charge in [0.15, 0.2) is 5.82 Å². The second-order valence-electron chi connectivity index (χ2n) is 4.47. The van der Waals surface area contributed by atoms with Crippen molar-refractivity contribution in [2.24, 2.45) is 7.05 Å². The zero-order chi connectivity index (χ0) is 13.9. The highest BCUT2D eigenvalue weighted by Gasteiger charge is 2.07. The van der Waals surface area contributed by atoms with Crippen LogP contribution in [0.2, 0.25) is 0 Å². The lowest BCUT2D eigenvalue weighted by Gasteiger charge is -1.99. The van der Waals surface area contributed by atoms with Crippen LogP contribution in [0.15, 0.2) is 36.8 Å². The molecule has 0 radical (unpaired) electrons. The van der Waals surface area contributed by atoms with Crippen LogP contribution >= 0.6 is 0 Å². The zero-order valence-electron chi connectivity index (χ0n) is 11.0. The van der Waals surface area contributed by atoms with Gasteiger partial charge in [-0.05, 0) is 18.6 Å². The molecule has 3 heterocycles. The van der Waals surface area contributed by atoms with Gasteiger partial charge in [0.25, 0.3) is 0 Å². The highest BCUT2D eigenvalue weighted by atomic mass is 16.1. The van der Waals surface area contributed by atoms with Crippen LogP contribution < -0.4 is 5.32 Å². The fourth-order valence-corrected chi connectivity index (χ4v) is 1.96. The van der Waals surface area contributed by atoms with Gasteiger partial charge in [-0.2, -0.15) is 9.90 Å². The van der Waals surface area contributed by atoms with Crippen molar-refractivity contribution in [1.82, 2.24) is 24.4 Å². The van der Waals surface area contributed by atoms with Crippen molar-refractivity contribution in [2.45, 2.75) is 12.8 Å². The summed E-state index contributed by atoms with van der Waals surface area (Å²) in [5.74, 6) is 0.370. The molecule has 1 amide bonds. The molecule has 0 bridgehead atoms. The van der Waals surface area contributed by atoms with E-state index in [-0.39, 0.29) is 5.91 Å². The minimum absolute atomic E-state index is 0.0949. The molecular formula is C13H14N6O. The van der Waals surface area contributed by atoms with Gasteiger partial charge in [0.05, 0.1) is 11.9 Å². The van der Waals surface area contributed by atoms with Crippen molar-refractivity contribution in [3.05, 3.63) is 42.5 Å². The summed E-state index contributed by atoms with van der Waals surface area (Å²) < 4.78 is 1.94. The first-order valence-electron chi connectivity index (χ1n) is 6.29. The number of amides is 1. The van der Waals surface area contributed by atoms with Gasteiger partial charge in [-0.25, -0.2) is 4.98 Å². The Bertz CT molecular complexity index is 711. The van der Waals surface area contributed by atoms with Gasteiger partial charge in [0, 0.05) is 25.9 Å². The van der Waals surface area contributed by atoms with Crippen molar-refractivity contribution < 1.29 is 4.79 Å². The molecule has 0 aliphatic carbocycles. The summed E-state index contributed by atoms with van der Waals surface area (Å²) in [5, 5.41) is 10.6. The van der Waals surface area contributed by atoms with E-state index >= 15 is 0 Å². The van der Waals surface area contributed by atoms with E-state index in [4.69, 9.17) is 0 Å². The van der Waals surface area contributed by atoms with Crippen LogP contribution in [0.4, 0.5) is 5.82 Å². The van der Waals surface area contributed by atoms with Crippen molar-refractivity contribution in [3.63, 3.8) is 0 Å². The van der Waals surface area contributed by atoms with Crippen molar-refractivity contribution in [1.29, 1.82) is 0 Å². The number of hydrogen-bond acceptors (Lipinski definition) is 4. The third-order valence-electron chi connectivity index (χ3n) is 2.89. The van der Waals surface area contributed by atoms with Crippen LogP contribution in [0.25, 0.3) is 5.65 Å². The van der Waals surface area contributed by atoms with Crippen LogP contribution in [-0.4, -0.2) is 30.3 Å². The molecule has 0 aliphatic heterocycles. The van der Waals surface area contributed by atoms with Crippen molar-refractivity contribution >= 4 is 17.4 Å². The maximum absolute atomic E-state index is 11.8. The fraction of sp³-hybridized carbons (Fsp3) is 0.231. The number of pyridine rings is 1. The number of carbonyl (C=O) groups is 1. The van der Waals surface area contributed by atoms with Crippen LogP contribution in [-0.2, 0) is 18.3 Å². The zero-order valence-corrected chi connectivity index (χ0v) is 11.0. The molecule has 0 saturated heterocycles. The van der Waals surface area contributed by atoms with Crippen LogP contribution in [0.3, 0.4) is 0 Å².